The Balaban J connectivity index is 1.17. The van der Waals surface area contributed by atoms with E-state index in [0.29, 0.717) is 24.3 Å². The number of hydrogen-bond acceptors (Lipinski definition) is 4. The van der Waals surface area contributed by atoms with Gasteiger partial charge in [0.2, 0.25) is 0 Å². The summed E-state index contributed by atoms with van der Waals surface area (Å²) in [6.07, 6.45) is 16.9. The largest absolute Gasteiger partial charge is 0.385 e. The number of carbonyl (C=O) groups excluding carboxylic acids is 1. The summed E-state index contributed by atoms with van der Waals surface area (Å²) in [5.41, 5.74) is 2.70. The molecule has 6 atom stereocenters. The molecule has 5 nitrogen and oxygen atoms in total. The van der Waals surface area contributed by atoms with Gasteiger partial charge in [-0.15, -0.1) is 6.42 Å². The van der Waals surface area contributed by atoms with Crippen LogP contribution in [0.4, 0.5) is 0 Å². The fourth-order valence-corrected chi connectivity index (χ4v) is 8.11. The number of nitrogens with one attached hydrogen (secondary N) is 1. The Morgan fingerprint density at radius 1 is 1.14 bits per heavy atom. The fourth-order valence-electron chi connectivity index (χ4n) is 8.11. The number of amides is 1. The average Bonchev–Trinajstić information content (AvgIpc) is 3.16. The first-order valence-corrected chi connectivity index (χ1v) is 13.7. The first-order chi connectivity index (χ1) is 17.3. The predicted molar refractivity (Wildman–Crippen MR) is 142 cm³/mol. The lowest BCUT2D eigenvalue weighted by Gasteiger charge is -2.58. The Bertz CT molecular complexity index is 1090. The van der Waals surface area contributed by atoms with E-state index in [4.69, 9.17) is 11.3 Å². The van der Waals surface area contributed by atoms with Gasteiger partial charge in [0.1, 0.15) is 5.60 Å². The van der Waals surface area contributed by atoms with Gasteiger partial charge < -0.3 is 15.3 Å². The van der Waals surface area contributed by atoms with Crippen LogP contribution in [0.3, 0.4) is 0 Å². The summed E-state index contributed by atoms with van der Waals surface area (Å²) in [4.78, 5) is 17.6. The highest BCUT2D eigenvalue weighted by molar-refractivity contribution is 5.96. The maximum absolute atomic E-state index is 12.1. The molecule has 192 valence electrons. The monoisotopic (exact) mass is 488 g/mol. The highest BCUT2D eigenvalue weighted by atomic mass is 16.6. The van der Waals surface area contributed by atoms with Crippen molar-refractivity contribution in [2.24, 2.45) is 33.7 Å². The third kappa shape index (κ3) is 4.28. The molecule has 0 unspecified atom stereocenters. The summed E-state index contributed by atoms with van der Waals surface area (Å²) in [6.45, 7) is 5.22. The lowest BCUT2D eigenvalue weighted by Crippen LogP contribution is -2.54. The van der Waals surface area contributed by atoms with E-state index in [2.05, 4.69) is 48.4 Å². The number of nitrogens with zero attached hydrogens (tertiary/aromatic N) is 1. The van der Waals surface area contributed by atoms with Gasteiger partial charge in [0.05, 0.1) is 5.71 Å². The summed E-state index contributed by atoms with van der Waals surface area (Å²) in [5.74, 6) is 4.41. The number of oxime groups is 1. The molecule has 1 amide bonds. The molecular formula is C31H40N2O3. The van der Waals surface area contributed by atoms with E-state index in [-0.39, 0.29) is 23.3 Å². The van der Waals surface area contributed by atoms with Crippen LogP contribution in [0.25, 0.3) is 0 Å². The predicted octanol–water partition coefficient (Wildman–Crippen LogP) is 5.05. The third-order valence-electron chi connectivity index (χ3n) is 10.3. The Morgan fingerprint density at radius 2 is 1.92 bits per heavy atom. The summed E-state index contributed by atoms with van der Waals surface area (Å²) < 4.78 is 0. The molecule has 1 aromatic rings. The molecule has 0 aromatic heterocycles. The third-order valence-corrected chi connectivity index (χ3v) is 10.3. The van der Waals surface area contributed by atoms with Crippen LogP contribution < -0.4 is 5.32 Å². The van der Waals surface area contributed by atoms with Crippen molar-refractivity contribution in [2.75, 3.05) is 13.2 Å². The van der Waals surface area contributed by atoms with E-state index in [0.717, 1.165) is 63.5 Å². The van der Waals surface area contributed by atoms with E-state index in [1.54, 1.807) is 0 Å². The van der Waals surface area contributed by atoms with Gasteiger partial charge in [0.15, 0.2) is 6.61 Å². The molecule has 4 aliphatic carbocycles. The Morgan fingerprint density at radius 3 is 2.69 bits per heavy atom. The summed E-state index contributed by atoms with van der Waals surface area (Å²) in [5, 5.41) is 18.4. The standard InChI is InChI=1S/C31H40N2O3/c1-4-31(35)18-14-27-25-11-10-23-20-24(12-16-29(23,2)26(25)13-17-30(27,31)3)33-36-21-28(34)32-19-15-22-8-6-5-7-9-22/h1,5-9,20,25-27,35H,10-19,21H2,2-3H3,(H,32,34)/b33-24+/t25-,26+,27+,29+,30+,31-/m1/s1. The molecule has 4 aliphatic rings. The summed E-state index contributed by atoms with van der Waals surface area (Å²) >= 11 is 0. The Hall–Kier alpha value is -2.58. The number of benzene rings is 1. The number of hydrogen-bond donors (Lipinski definition) is 2. The quantitative estimate of drug-likeness (QED) is 0.435. The number of terminal acetylenes is 1. The fraction of sp³-hybridized carbons (Fsp3) is 0.613. The van der Waals surface area contributed by atoms with Crippen molar-refractivity contribution in [3.8, 4) is 12.3 Å². The zero-order valence-electron chi connectivity index (χ0n) is 21.8. The number of allylic oxidation sites excluding steroid dienone is 2. The first kappa shape index (κ1) is 25.1. The molecule has 0 saturated heterocycles. The van der Waals surface area contributed by atoms with Crippen molar-refractivity contribution in [1.82, 2.24) is 5.32 Å². The zero-order chi connectivity index (χ0) is 25.4. The van der Waals surface area contributed by atoms with Gasteiger partial charge in [0.25, 0.3) is 5.91 Å². The molecule has 5 rings (SSSR count). The van der Waals surface area contributed by atoms with Gasteiger partial charge in [-0.25, -0.2) is 0 Å². The second kappa shape index (κ2) is 9.71. The molecule has 3 saturated carbocycles. The maximum Gasteiger partial charge on any atom is 0.260 e. The van der Waals surface area contributed by atoms with Crippen LogP contribution in [0.5, 0.6) is 0 Å². The minimum atomic E-state index is -0.947. The molecule has 36 heavy (non-hydrogen) atoms. The van der Waals surface area contributed by atoms with Crippen molar-refractivity contribution < 1.29 is 14.7 Å². The molecule has 0 spiro atoms. The molecule has 2 N–H and O–H groups in total. The average molecular weight is 489 g/mol. The van der Waals surface area contributed by atoms with Gasteiger partial charge >= 0.3 is 0 Å². The Labute approximate surface area is 215 Å². The van der Waals surface area contributed by atoms with Crippen molar-refractivity contribution in [1.29, 1.82) is 0 Å². The maximum atomic E-state index is 12.1. The molecule has 3 fully saturated rings. The Kier molecular flexibility index (Phi) is 6.76. The van der Waals surface area contributed by atoms with Crippen LogP contribution in [0.15, 0.2) is 47.1 Å². The molecule has 1 aromatic carbocycles. The van der Waals surface area contributed by atoms with Crippen LogP contribution in [0.1, 0.15) is 70.8 Å². The lowest BCUT2D eigenvalue weighted by molar-refractivity contribution is -0.125. The second-order valence-corrected chi connectivity index (χ2v) is 11.9. The highest BCUT2D eigenvalue weighted by Gasteiger charge is 2.63. The molecule has 0 aliphatic heterocycles. The molecule has 0 bridgehead atoms. The minimum absolute atomic E-state index is 0.0538. The van der Waals surface area contributed by atoms with Crippen LogP contribution in [0, 0.1) is 40.9 Å². The van der Waals surface area contributed by atoms with Gasteiger partial charge in [-0.1, -0.05) is 60.8 Å². The molecule has 0 radical (unpaired) electrons. The number of fused-ring (bicyclic) bond motifs is 5. The smallest absolute Gasteiger partial charge is 0.260 e. The number of aliphatic hydroxyl groups is 1. The molecule has 5 heteroatoms. The van der Waals surface area contributed by atoms with E-state index in [1.807, 2.05) is 18.2 Å². The highest BCUT2D eigenvalue weighted by Crippen LogP contribution is 2.67. The van der Waals surface area contributed by atoms with Gasteiger partial charge in [-0.2, -0.15) is 0 Å². The van der Waals surface area contributed by atoms with Crippen LogP contribution >= 0.6 is 0 Å². The second-order valence-electron chi connectivity index (χ2n) is 11.9. The summed E-state index contributed by atoms with van der Waals surface area (Å²) in [6, 6.07) is 10.1. The van der Waals surface area contributed by atoms with Gasteiger partial charge in [-0.3, -0.25) is 4.79 Å². The topological polar surface area (TPSA) is 70.9 Å². The van der Waals surface area contributed by atoms with Crippen molar-refractivity contribution >= 4 is 11.6 Å². The first-order valence-electron chi connectivity index (χ1n) is 13.7. The molecular weight excluding hydrogens is 448 g/mol. The van der Waals surface area contributed by atoms with E-state index < -0.39 is 5.60 Å². The lowest BCUT2D eigenvalue weighted by atomic mass is 9.46. The van der Waals surface area contributed by atoms with Gasteiger partial charge in [-0.05, 0) is 92.6 Å². The van der Waals surface area contributed by atoms with Crippen molar-refractivity contribution in [3.05, 3.63) is 47.5 Å². The number of rotatable bonds is 6. The normalized spacial score (nSPS) is 38.2. The van der Waals surface area contributed by atoms with Crippen LogP contribution in [-0.2, 0) is 16.1 Å². The van der Waals surface area contributed by atoms with Crippen molar-refractivity contribution in [2.45, 2.75) is 77.2 Å². The molecule has 0 heterocycles. The SMILES string of the molecule is C#C[C@@]1(O)CC[C@H]2[C@@H]3CCC4=C/C(=N/OCC(=O)NCCc5ccccc5)CC[C@]4(C)[C@H]3CC[C@@]21C. The van der Waals surface area contributed by atoms with Crippen molar-refractivity contribution in [3.63, 3.8) is 0 Å². The zero-order valence-corrected chi connectivity index (χ0v) is 21.8. The summed E-state index contributed by atoms with van der Waals surface area (Å²) in [7, 11) is 0. The van der Waals surface area contributed by atoms with Gasteiger partial charge in [0, 0.05) is 12.0 Å². The van der Waals surface area contributed by atoms with Crippen LogP contribution in [0.2, 0.25) is 0 Å². The van der Waals surface area contributed by atoms with Crippen LogP contribution in [-0.4, -0.2) is 35.5 Å². The number of carbonyl (C=O) groups is 1. The van der Waals surface area contributed by atoms with E-state index in [1.165, 1.54) is 11.1 Å². The minimum Gasteiger partial charge on any atom is -0.385 e. The van der Waals surface area contributed by atoms with E-state index >= 15 is 0 Å². The van der Waals surface area contributed by atoms with E-state index in [9.17, 15) is 9.90 Å².